The number of piperazine rings is 1. The lowest BCUT2D eigenvalue weighted by atomic mass is 10.1. The first-order valence-corrected chi connectivity index (χ1v) is 8.76. The maximum atomic E-state index is 12.7. The molecule has 4 rings (SSSR count). The standard InChI is InChI=1S/C19H17F3N6/c20-19(21,22)15-3-1-14(2-4-15)16-11-24-13-18(26-16)28-9-7-27(8-10-28)17-12-23-5-6-25-17/h1-6,11-13H,7-10H2. The maximum absolute atomic E-state index is 12.7. The van der Waals surface area contributed by atoms with Gasteiger partial charge in [0.25, 0.3) is 0 Å². The lowest BCUT2D eigenvalue weighted by molar-refractivity contribution is -0.137. The Morgan fingerprint density at radius 3 is 2.00 bits per heavy atom. The molecule has 1 fully saturated rings. The van der Waals surface area contributed by atoms with Crippen LogP contribution in [0.3, 0.4) is 0 Å². The summed E-state index contributed by atoms with van der Waals surface area (Å²) < 4.78 is 38.2. The van der Waals surface area contributed by atoms with E-state index < -0.39 is 11.7 Å². The average Bonchev–Trinajstić information content (AvgIpc) is 2.74. The molecule has 0 N–H and O–H groups in total. The summed E-state index contributed by atoms with van der Waals surface area (Å²) in [6.45, 7) is 3.01. The van der Waals surface area contributed by atoms with E-state index >= 15 is 0 Å². The van der Waals surface area contributed by atoms with Crippen LogP contribution in [0.5, 0.6) is 0 Å². The highest BCUT2D eigenvalue weighted by Gasteiger charge is 2.30. The van der Waals surface area contributed by atoms with Crippen molar-refractivity contribution < 1.29 is 13.2 Å². The molecule has 3 aromatic rings. The van der Waals surface area contributed by atoms with Gasteiger partial charge in [0.15, 0.2) is 0 Å². The van der Waals surface area contributed by atoms with Gasteiger partial charge in [-0.3, -0.25) is 9.97 Å². The smallest absolute Gasteiger partial charge is 0.352 e. The Labute approximate surface area is 159 Å². The first-order chi connectivity index (χ1) is 13.5. The fourth-order valence-corrected chi connectivity index (χ4v) is 3.10. The fraction of sp³-hybridized carbons (Fsp3) is 0.263. The number of anilines is 2. The van der Waals surface area contributed by atoms with E-state index in [1.807, 2.05) is 0 Å². The first-order valence-electron chi connectivity index (χ1n) is 8.76. The molecule has 1 aromatic carbocycles. The van der Waals surface area contributed by atoms with Gasteiger partial charge >= 0.3 is 6.18 Å². The van der Waals surface area contributed by atoms with E-state index in [1.165, 1.54) is 12.1 Å². The molecule has 2 aromatic heterocycles. The second kappa shape index (κ2) is 7.41. The minimum absolute atomic E-state index is 0.544. The topological polar surface area (TPSA) is 58.0 Å². The van der Waals surface area contributed by atoms with Crippen molar-refractivity contribution in [1.82, 2.24) is 19.9 Å². The largest absolute Gasteiger partial charge is 0.416 e. The molecule has 0 atom stereocenters. The van der Waals surface area contributed by atoms with Crippen LogP contribution in [0.2, 0.25) is 0 Å². The van der Waals surface area contributed by atoms with Gasteiger partial charge in [0.05, 0.1) is 29.8 Å². The predicted molar refractivity (Wildman–Crippen MR) is 98.9 cm³/mol. The minimum Gasteiger partial charge on any atom is -0.352 e. The van der Waals surface area contributed by atoms with Crippen molar-refractivity contribution in [3.63, 3.8) is 0 Å². The van der Waals surface area contributed by atoms with Crippen LogP contribution in [0, 0.1) is 0 Å². The van der Waals surface area contributed by atoms with Crippen LogP contribution in [-0.2, 0) is 6.18 Å². The Morgan fingerprint density at radius 1 is 0.750 bits per heavy atom. The maximum Gasteiger partial charge on any atom is 0.416 e. The molecule has 3 heterocycles. The molecule has 1 aliphatic heterocycles. The molecule has 0 bridgehead atoms. The lowest BCUT2D eigenvalue weighted by Crippen LogP contribution is -2.47. The Bertz CT molecular complexity index is 922. The van der Waals surface area contributed by atoms with Crippen molar-refractivity contribution in [2.75, 3.05) is 36.0 Å². The number of halogens is 3. The third-order valence-corrected chi connectivity index (χ3v) is 4.61. The van der Waals surface area contributed by atoms with Crippen LogP contribution in [-0.4, -0.2) is 46.1 Å². The third-order valence-electron chi connectivity index (χ3n) is 4.61. The van der Waals surface area contributed by atoms with Crippen molar-refractivity contribution in [3.05, 3.63) is 60.8 Å². The van der Waals surface area contributed by atoms with E-state index in [2.05, 4.69) is 29.7 Å². The molecule has 0 unspecified atom stereocenters. The van der Waals surface area contributed by atoms with E-state index in [-0.39, 0.29) is 0 Å². The van der Waals surface area contributed by atoms with Gasteiger partial charge in [-0.25, -0.2) is 9.97 Å². The summed E-state index contributed by atoms with van der Waals surface area (Å²) >= 11 is 0. The summed E-state index contributed by atoms with van der Waals surface area (Å²) in [5, 5.41) is 0. The fourth-order valence-electron chi connectivity index (χ4n) is 3.10. The van der Waals surface area contributed by atoms with Gasteiger partial charge in [-0.05, 0) is 12.1 Å². The van der Waals surface area contributed by atoms with Gasteiger partial charge in [0.2, 0.25) is 0 Å². The molecule has 9 heteroatoms. The Morgan fingerprint density at radius 2 is 1.39 bits per heavy atom. The van der Waals surface area contributed by atoms with E-state index in [0.717, 1.165) is 44.1 Å². The van der Waals surface area contributed by atoms with Crippen molar-refractivity contribution in [2.45, 2.75) is 6.18 Å². The van der Waals surface area contributed by atoms with Crippen LogP contribution in [0.1, 0.15) is 5.56 Å². The quantitative estimate of drug-likeness (QED) is 0.689. The van der Waals surface area contributed by atoms with E-state index in [1.54, 1.807) is 31.0 Å². The molecule has 0 radical (unpaired) electrons. The minimum atomic E-state index is -4.35. The number of hydrogen-bond donors (Lipinski definition) is 0. The molecule has 0 aliphatic carbocycles. The molecule has 0 amide bonds. The Hall–Kier alpha value is -3.23. The average molecular weight is 386 g/mol. The Kier molecular flexibility index (Phi) is 4.81. The van der Waals surface area contributed by atoms with Gasteiger partial charge in [-0.15, -0.1) is 0 Å². The molecule has 0 spiro atoms. The van der Waals surface area contributed by atoms with Crippen LogP contribution in [0.25, 0.3) is 11.3 Å². The van der Waals surface area contributed by atoms with Crippen molar-refractivity contribution in [3.8, 4) is 11.3 Å². The number of benzene rings is 1. The van der Waals surface area contributed by atoms with Crippen molar-refractivity contribution in [1.29, 1.82) is 0 Å². The molecule has 6 nitrogen and oxygen atoms in total. The highest BCUT2D eigenvalue weighted by atomic mass is 19.4. The predicted octanol–water partition coefficient (Wildman–Crippen LogP) is 3.28. The Balaban J connectivity index is 1.47. The molecule has 1 saturated heterocycles. The molecule has 144 valence electrons. The van der Waals surface area contributed by atoms with Gasteiger partial charge in [0.1, 0.15) is 11.6 Å². The van der Waals surface area contributed by atoms with Crippen LogP contribution >= 0.6 is 0 Å². The number of aromatic nitrogens is 4. The van der Waals surface area contributed by atoms with Crippen LogP contribution in [0.4, 0.5) is 24.8 Å². The lowest BCUT2D eigenvalue weighted by Gasteiger charge is -2.35. The normalized spacial score (nSPS) is 15.0. The number of alkyl halides is 3. The van der Waals surface area contributed by atoms with Crippen molar-refractivity contribution in [2.24, 2.45) is 0 Å². The third kappa shape index (κ3) is 3.88. The molecular weight excluding hydrogens is 369 g/mol. The summed E-state index contributed by atoms with van der Waals surface area (Å²) in [6.07, 6.45) is 3.92. The van der Waals surface area contributed by atoms with Crippen molar-refractivity contribution >= 4 is 11.6 Å². The number of nitrogens with zero attached hydrogens (tertiary/aromatic N) is 6. The molecule has 1 aliphatic rings. The number of hydrogen-bond acceptors (Lipinski definition) is 6. The monoisotopic (exact) mass is 386 g/mol. The van der Waals surface area contributed by atoms with Gasteiger partial charge in [-0.2, -0.15) is 13.2 Å². The second-order valence-electron chi connectivity index (χ2n) is 6.38. The summed E-state index contributed by atoms with van der Waals surface area (Å²) in [6, 6.07) is 4.96. The molecular formula is C19H17F3N6. The zero-order valence-electron chi connectivity index (χ0n) is 14.8. The summed E-state index contributed by atoms with van der Waals surface area (Å²) in [4.78, 5) is 21.5. The highest BCUT2D eigenvalue weighted by Crippen LogP contribution is 2.30. The van der Waals surface area contributed by atoms with Crippen LogP contribution < -0.4 is 9.80 Å². The highest BCUT2D eigenvalue weighted by molar-refractivity contribution is 5.61. The summed E-state index contributed by atoms with van der Waals surface area (Å²) in [5.41, 5.74) is 0.462. The zero-order chi connectivity index (χ0) is 19.6. The second-order valence-corrected chi connectivity index (χ2v) is 6.38. The number of rotatable bonds is 3. The van der Waals surface area contributed by atoms with Gasteiger partial charge < -0.3 is 9.80 Å². The molecule has 0 saturated carbocycles. The molecule has 28 heavy (non-hydrogen) atoms. The first kappa shape index (κ1) is 18.1. The summed E-state index contributed by atoms with van der Waals surface area (Å²) in [7, 11) is 0. The zero-order valence-corrected chi connectivity index (χ0v) is 14.8. The van der Waals surface area contributed by atoms with E-state index in [4.69, 9.17) is 0 Å². The SMILES string of the molecule is FC(F)(F)c1ccc(-c2cncc(N3CCN(c4cnccn4)CC3)n2)cc1. The van der Waals surface area contributed by atoms with Gasteiger partial charge in [0, 0.05) is 44.1 Å². The summed E-state index contributed by atoms with van der Waals surface area (Å²) in [5.74, 6) is 1.54. The van der Waals surface area contributed by atoms with E-state index in [0.29, 0.717) is 17.1 Å². The van der Waals surface area contributed by atoms with Gasteiger partial charge in [-0.1, -0.05) is 12.1 Å². The van der Waals surface area contributed by atoms with Crippen LogP contribution in [0.15, 0.2) is 55.2 Å². The van der Waals surface area contributed by atoms with E-state index in [9.17, 15) is 13.2 Å².